The molecule has 16 heavy (non-hydrogen) atoms. The Bertz CT molecular complexity index is 223. The van der Waals surface area contributed by atoms with Gasteiger partial charge in [-0.2, -0.15) is 0 Å². The van der Waals surface area contributed by atoms with E-state index in [4.69, 9.17) is 19.3 Å². The predicted octanol–water partition coefficient (Wildman–Crippen LogP) is 1.57. The summed E-state index contributed by atoms with van der Waals surface area (Å²) in [7, 11) is 2.86. The fourth-order valence-electron chi connectivity index (χ4n) is 3.07. The second-order valence-electron chi connectivity index (χ2n) is 4.50. The number of ether oxygens (including phenoxy) is 1. The largest absolute Gasteiger partial charge is 0.396 e. The van der Waals surface area contributed by atoms with Crippen molar-refractivity contribution in [3.63, 3.8) is 0 Å². The molecule has 0 aromatic heterocycles. The molecule has 1 aliphatic heterocycles. The number of methoxy groups -OCH3 is 1. The molecule has 1 heterocycles. The summed E-state index contributed by atoms with van der Waals surface area (Å²) >= 11 is 0. The zero-order chi connectivity index (χ0) is 12.2. The van der Waals surface area contributed by atoms with Gasteiger partial charge in [-0.15, -0.1) is 0 Å². The van der Waals surface area contributed by atoms with Gasteiger partial charge >= 0.3 is 8.56 Å². The van der Waals surface area contributed by atoms with Crippen molar-refractivity contribution in [2.45, 2.75) is 49.9 Å². The Balaban J connectivity index is 3.09. The Kier molecular flexibility index (Phi) is 4.94. The maximum atomic E-state index is 6.29. The van der Waals surface area contributed by atoms with Crippen LogP contribution in [0.1, 0.15) is 32.6 Å². The summed E-state index contributed by atoms with van der Waals surface area (Å²) in [5.41, 5.74) is 6.29. The SMILES string of the molecule is CCCC1(OC)C(N)CCC[Si]1(OC)OC. The molecule has 2 N–H and O–H groups in total. The molecule has 0 bridgehead atoms. The van der Waals surface area contributed by atoms with E-state index >= 15 is 0 Å². The van der Waals surface area contributed by atoms with Crippen LogP contribution in [0.25, 0.3) is 0 Å². The van der Waals surface area contributed by atoms with E-state index in [-0.39, 0.29) is 11.3 Å². The van der Waals surface area contributed by atoms with E-state index in [2.05, 4.69) is 6.92 Å². The first-order valence-electron chi connectivity index (χ1n) is 6.03. The molecular formula is C11H25NO3Si. The second-order valence-corrected chi connectivity index (χ2v) is 8.17. The fraction of sp³-hybridized carbons (Fsp3) is 1.00. The van der Waals surface area contributed by atoms with Gasteiger partial charge in [-0.05, 0) is 25.3 Å². The van der Waals surface area contributed by atoms with Crippen molar-refractivity contribution in [1.82, 2.24) is 0 Å². The Hall–Kier alpha value is 0.0569. The third-order valence-corrected chi connectivity index (χ3v) is 8.36. The van der Waals surface area contributed by atoms with Crippen LogP contribution in [0.15, 0.2) is 0 Å². The van der Waals surface area contributed by atoms with Crippen LogP contribution in [0.5, 0.6) is 0 Å². The van der Waals surface area contributed by atoms with Gasteiger partial charge in [0.25, 0.3) is 0 Å². The summed E-state index contributed by atoms with van der Waals surface area (Å²) in [6, 6.07) is 0.999. The van der Waals surface area contributed by atoms with Crippen molar-refractivity contribution in [3.8, 4) is 0 Å². The van der Waals surface area contributed by atoms with Gasteiger partial charge in [0.2, 0.25) is 0 Å². The van der Waals surface area contributed by atoms with Crippen LogP contribution < -0.4 is 5.73 Å². The van der Waals surface area contributed by atoms with Crippen molar-refractivity contribution in [2.24, 2.45) is 5.73 Å². The summed E-state index contributed by atoms with van der Waals surface area (Å²) in [4.78, 5) is 0. The van der Waals surface area contributed by atoms with Crippen LogP contribution in [-0.2, 0) is 13.6 Å². The lowest BCUT2D eigenvalue weighted by molar-refractivity contribution is -0.0279. The van der Waals surface area contributed by atoms with Crippen LogP contribution in [0.3, 0.4) is 0 Å². The van der Waals surface area contributed by atoms with Crippen LogP contribution >= 0.6 is 0 Å². The molecule has 0 aromatic rings. The molecule has 1 aliphatic rings. The highest BCUT2D eigenvalue weighted by molar-refractivity contribution is 6.71. The molecular weight excluding hydrogens is 222 g/mol. The van der Waals surface area contributed by atoms with Gasteiger partial charge in [-0.25, -0.2) is 0 Å². The number of nitrogens with two attached hydrogens (primary N) is 1. The topological polar surface area (TPSA) is 53.7 Å². The van der Waals surface area contributed by atoms with Crippen LogP contribution in [-0.4, -0.2) is 41.2 Å². The third kappa shape index (κ3) is 1.95. The normalized spacial score (nSPS) is 33.9. The highest BCUT2D eigenvalue weighted by atomic mass is 28.4. The first kappa shape index (κ1) is 14.1. The van der Waals surface area contributed by atoms with Gasteiger partial charge in [0, 0.05) is 27.4 Å². The number of rotatable bonds is 5. The van der Waals surface area contributed by atoms with Gasteiger partial charge in [0.1, 0.15) is 5.22 Å². The minimum Gasteiger partial charge on any atom is -0.396 e. The Labute approximate surface area is 99.7 Å². The molecule has 0 aromatic carbocycles. The molecule has 1 saturated heterocycles. The van der Waals surface area contributed by atoms with E-state index in [9.17, 15) is 0 Å². The smallest absolute Gasteiger partial charge is 0.372 e. The Morgan fingerprint density at radius 2 is 1.94 bits per heavy atom. The lowest BCUT2D eigenvalue weighted by Crippen LogP contribution is -2.72. The molecule has 5 heteroatoms. The van der Waals surface area contributed by atoms with E-state index in [1.165, 1.54) is 0 Å². The van der Waals surface area contributed by atoms with Crippen LogP contribution in [0.2, 0.25) is 6.04 Å². The summed E-state index contributed by atoms with van der Waals surface area (Å²) in [5.74, 6) is 0. The second kappa shape index (κ2) is 5.60. The van der Waals surface area contributed by atoms with Crippen molar-refractivity contribution in [2.75, 3.05) is 21.3 Å². The standard InChI is InChI=1S/C11H25NO3Si/c1-5-8-11(13-2)10(12)7-6-9-16(11,14-3)15-4/h10H,5-9,12H2,1-4H3. The van der Waals surface area contributed by atoms with Crippen molar-refractivity contribution >= 4 is 8.56 Å². The average molecular weight is 247 g/mol. The number of hydrogen-bond acceptors (Lipinski definition) is 4. The quantitative estimate of drug-likeness (QED) is 0.749. The van der Waals surface area contributed by atoms with Crippen LogP contribution in [0, 0.1) is 0 Å². The van der Waals surface area contributed by atoms with E-state index in [1.807, 2.05) is 0 Å². The molecule has 2 unspecified atom stereocenters. The molecule has 0 amide bonds. The van der Waals surface area contributed by atoms with E-state index < -0.39 is 8.56 Å². The lowest BCUT2D eigenvalue weighted by atomic mass is 10.0. The van der Waals surface area contributed by atoms with Crippen molar-refractivity contribution in [3.05, 3.63) is 0 Å². The van der Waals surface area contributed by atoms with E-state index in [1.54, 1.807) is 21.3 Å². The summed E-state index contributed by atoms with van der Waals surface area (Å²) < 4.78 is 17.4. The maximum Gasteiger partial charge on any atom is 0.372 e. The first-order valence-corrected chi connectivity index (χ1v) is 8.06. The molecule has 0 saturated carbocycles. The van der Waals surface area contributed by atoms with Gasteiger partial charge in [0.05, 0.1) is 0 Å². The highest BCUT2D eigenvalue weighted by Crippen LogP contribution is 2.42. The van der Waals surface area contributed by atoms with Crippen molar-refractivity contribution < 1.29 is 13.6 Å². The van der Waals surface area contributed by atoms with Gasteiger partial charge in [0.15, 0.2) is 0 Å². The summed E-state index contributed by atoms with van der Waals surface area (Å²) in [6.07, 6.45) is 4.01. The first-order chi connectivity index (χ1) is 7.62. The minimum atomic E-state index is -2.34. The van der Waals surface area contributed by atoms with Gasteiger partial charge < -0.3 is 19.3 Å². The number of hydrogen-bond donors (Lipinski definition) is 1. The van der Waals surface area contributed by atoms with Crippen molar-refractivity contribution in [1.29, 1.82) is 0 Å². The third-order valence-electron chi connectivity index (χ3n) is 3.91. The molecule has 1 rings (SSSR count). The Morgan fingerprint density at radius 3 is 2.38 bits per heavy atom. The maximum absolute atomic E-state index is 6.29. The summed E-state index contributed by atoms with van der Waals surface area (Å²) in [6.45, 7) is 2.15. The average Bonchev–Trinajstić information content (AvgIpc) is 2.32. The molecule has 0 radical (unpaired) electrons. The molecule has 2 atom stereocenters. The molecule has 0 spiro atoms. The molecule has 96 valence electrons. The molecule has 1 fully saturated rings. The molecule has 0 aliphatic carbocycles. The highest BCUT2D eigenvalue weighted by Gasteiger charge is 2.62. The Morgan fingerprint density at radius 1 is 1.31 bits per heavy atom. The zero-order valence-corrected chi connectivity index (χ0v) is 11.9. The van der Waals surface area contributed by atoms with Gasteiger partial charge in [-0.1, -0.05) is 13.3 Å². The molecule has 4 nitrogen and oxygen atoms in total. The minimum absolute atomic E-state index is 0.0257. The van der Waals surface area contributed by atoms with Crippen LogP contribution in [0.4, 0.5) is 0 Å². The van der Waals surface area contributed by atoms with E-state index in [0.717, 1.165) is 31.7 Å². The zero-order valence-electron chi connectivity index (χ0n) is 10.9. The fourth-order valence-corrected chi connectivity index (χ4v) is 7.08. The monoisotopic (exact) mass is 247 g/mol. The lowest BCUT2D eigenvalue weighted by Gasteiger charge is -2.51. The van der Waals surface area contributed by atoms with Gasteiger partial charge in [-0.3, -0.25) is 0 Å². The summed E-state index contributed by atoms with van der Waals surface area (Å²) in [5, 5.41) is -0.385. The van der Waals surface area contributed by atoms with E-state index in [0.29, 0.717) is 0 Å². The predicted molar refractivity (Wildman–Crippen MR) is 66.4 cm³/mol.